The Labute approximate surface area is 256 Å². The van der Waals surface area contributed by atoms with E-state index in [4.69, 9.17) is 14.2 Å². The first-order chi connectivity index (χ1) is 21.4. The Hall–Kier alpha value is -6.15. The predicted octanol–water partition coefficient (Wildman–Crippen LogP) is 3.86. The first-order valence-corrected chi connectivity index (χ1v) is 13.3. The number of nitrogens with zero attached hydrogens (tertiary/aromatic N) is 2. The molecule has 0 radical (unpaired) electrons. The molecule has 0 spiro atoms. The van der Waals surface area contributed by atoms with Gasteiger partial charge in [0.1, 0.15) is 28.9 Å². The molecule has 0 bridgehead atoms. The predicted molar refractivity (Wildman–Crippen MR) is 160 cm³/mol. The van der Waals surface area contributed by atoms with Gasteiger partial charge < -0.3 is 30.0 Å². The van der Waals surface area contributed by atoms with Crippen LogP contribution in [-0.4, -0.2) is 44.8 Å². The molecule has 1 aromatic heterocycles. The molecule has 4 aromatic rings. The van der Waals surface area contributed by atoms with E-state index >= 15 is 0 Å². The number of aromatic nitrogens is 2. The number of hydrogen-bond acceptors (Lipinski definition) is 12. The van der Waals surface area contributed by atoms with Crippen LogP contribution in [0.4, 0.5) is 17.6 Å². The lowest BCUT2D eigenvalue weighted by molar-refractivity contribution is -0.132. The molecule has 1 atom stereocenters. The molecule has 0 aliphatic heterocycles. The van der Waals surface area contributed by atoms with Gasteiger partial charge >= 0.3 is 17.9 Å². The van der Waals surface area contributed by atoms with E-state index in [1.54, 1.807) is 12.1 Å². The fourth-order valence-electron chi connectivity index (χ4n) is 3.87. The van der Waals surface area contributed by atoms with E-state index in [1.165, 1.54) is 87.5 Å². The van der Waals surface area contributed by atoms with Crippen molar-refractivity contribution in [3.05, 3.63) is 95.6 Å². The molecule has 0 fully saturated rings. The van der Waals surface area contributed by atoms with E-state index < -0.39 is 36.0 Å². The van der Waals surface area contributed by atoms with Gasteiger partial charge in [-0.15, -0.1) is 0 Å². The van der Waals surface area contributed by atoms with Gasteiger partial charge in [-0.2, -0.15) is 9.97 Å². The monoisotopic (exact) mass is 613 g/mol. The summed E-state index contributed by atoms with van der Waals surface area (Å²) in [6.45, 7) is 3.70. The maximum Gasteiger partial charge on any atom is 0.308 e. The first kappa shape index (κ1) is 31.8. The number of anilines is 3. The van der Waals surface area contributed by atoms with Crippen molar-refractivity contribution < 1.29 is 43.3 Å². The third-order valence-electron chi connectivity index (χ3n) is 5.63. The number of nitrogens with one attached hydrogen (secondary N) is 3. The second-order valence-corrected chi connectivity index (χ2v) is 9.33. The fraction of sp³-hybridized carbons (Fsp3) is 0.129. The number of hydrogen-bond donors (Lipinski definition) is 4. The summed E-state index contributed by atoms with van der Waals surface area (Å²) >= 11 is 0. The van der Waals surface area contributed by atoms with Crippen molar-refractivity contribution in [2.24, 2.45) is 0 Å². The number of amides is 2. The molecular formula is C31H27N5O9. The van der Waals surface area contributed by atoms with Gasteiger partial charge in [-0.1, -0.05) is 24.3 Å². The van der Waals surface area contributed by atoms with Crippen LogP contribution in [-0.2, 0) is 14.4 Å². The Kier molecular flexibility index (Phi) is 10.1. The van der Waals surface area contributed by atoms with Crippen LogP contribution in [0.25, 0.3) is 0 Å². The Morgan fingerprint density at radius 1 is 0.622 bits per heavy atom. The van der Waals surface area contributed by atoms with Crippen LogP contribution in [0.2, 0.25) is 0 Å². The van der Waals surface area contributed by atoms with Crippen LogP contribution in [0.5, 0.6) is 17.2 Å². The molecule has 4 rings (SSSR count). The summed E-state index contributed by atoms with van der Waals surface area (Å²) in [6.07, 6.45) is -1.37. The quantitative estimate of drug-likeness (QED) is 0.115. The first-order valence-electron chi connectivity index (χ1n) is 13.3. The molecule has 4 N–H and O–H groups in total. The van der Waals surface area contributed by atoms with Gasteiger partial charge in [0.05, 0.1) is 0 Å². The van der Waals surface area contributed by atoms with Crippen LogP contribution in [0.1, 0.15) is 53.3 Å². The molecule has 14 nitrogen and oxygen atoms in total. The summed E-state index contributed by atoms with van der Waals surface area (Å²) in [5, 5.41) is 18.7. The number of aliphatic hydroxyl groups is 1. The molecule has 1 heterocycles. The number of esters is 3. The largest absolute Gasteiger partial charge is 0.427 e. The van der Waals surface area contributed by atoms with E-state index in [2.05, 4.69) is 25.9 Å². The van der Waals surface area contributed by atoms with Crippen LogP contribution >= 0.6 is 0 Å². The summed E-state index contributed by atoms with van der Waals surface area (Å²) in [7, 11) is 0. The lowest BCUT2D eigenvalue weighted by Crippen LogP contribution is -2.19. The minimum absolute atomic E-state index is 0.0108. The summed E-state index contributed by atoms with van der Waals surface area (Å²) < 4.78 is 15.1. The van der Waals surface area contributed by atoms with Crippen molar-refractivity contribution in [2.75, 3.05) is 16.0 Å². The van der Waals surface area contributed by atoms with E-state index in [-0.39, 0.29) is 46.0 Å². The molecule has 0 aliphatic carbocycles. The maximum absolute atomic E-state index is 13.1. The van der Waals surface area contributed by atoms with Gasteiger partial charge in [-0.05, 0) is 48.5 Å². The number of carbonyl (C=O) groups excluding carboxylic acids is 5. The third kappa shape index (κ3) is 9.42. The van der Waals surface area contributed by atoms with E-state index in [0.717, 1.165) is 0 Å². The van der Waals surface area contributed by atoms with Crippen molar-refractivity contribution in [1.82, 2.24) is 9.97 Å². The average molecular weight is 614 g/mol. The smallest absolute Gasteiger partial charge is 0.308 e. The minimum atomic E-state index is -1.37. The highest BCUT2D eigenvalue weighted by molar-refractivity contribution is 6.05. The molecule has 0 saturated heterocycles. The van der Waals surface area contributed by atoms with Crippen molar-refractivity contribution in [2.45, 2.75) is 27.0 Å². The Morgan fingerprint density at radius 2 is 1.09 bits per heavy atom. The van der Waals surface area contributed by atoms with Gasteiger partial charge in [-0.25, -0.2) is 0 Å². The van der Waals surface area contributed by atoms with Gasteiger partial charge in [0, 0.05) is 43.5 Å². The second-order valence-electron chi connectivity index (χ2n) is 9.33. The Bertz CT molecular complexity index is 1680. The van der Waals surface area contributed by atoms with Crippen LogP contribution in [0.3, 0.4) is 0 Å². The zero-order chi connectivity index (χ0) is 32.5. The maximum atomic E-state index is 13.1. The summed E-state index contributed by atoms with van der Waals surface area (Å²) in [4.78, 5) is 68.5. The fourth-order valence-corrected chi connectivity index (χ4v) is 3.87. The molecule has 45 heavy (non-hydrogen) atoms. The molecule has 1 unspecified atom stereocenters. The number of aliphatic hydroxyl groups excluding tert-OH is 1. The van der Waals surface area contributed by atoms with Crippen LogP contribution in [0, 0.1) is 0 Å². The number of carbonyl (C=O) groups is 5. The van der Waals surface area contributed by atoms with E-state index in [0.29, 0.717) is 5.56 Å². The molecule has 2 amide bonds. The van der Waals surface area contributed by atoms with Crippen molar-refractivity contribution in [3.63, 3.8) is 0 Å². The molecule has 14 heteroatoms. The normalized spacial score (nSPS) is 11.0. The third-order valence-corrected chi connectivity index (χ3v) is 5.63. The lowest BCUT2D eigenvalue weighted by Gasteiger charge is -2.16. The van der Waals surface area contributed by atoms with E-state index in [1.807, 2.05) is 0 Å². The average Bonchev–Trinajstić information content (AvgIpc) is 2.96. The zero-order valence-electron chi connectivity index (χ0n) is 24.2. The van der Waals surface area contributed by atoms with Crippen LogP contribution in [0.15, 0.2) is 78.9 Å². The van der Waals surface area contributed by atoms with E-state index in [9.17, 15) is 29.1 Å². The highest BCUT2D eigenvalue weighted by atomic mass is 16.5. The van der Waals surface area contributed by atoms with Crippen molar-refractivity contribution in [3.8, 4) is 17.2 Å². The van der Waals surface area contributed by atoms with Gasteiger partial charge in [0.15, 0.2) is 6.23 Å². The number of ether oxygens (including phenoxy) is 3. The summed E-state index contributed by atoms with van der Waals surface area (Å²) in [5.74, 6) is -2.79. The van der Waals surface area contributed by atoms with Crippen molar-refractivity contribution in [1.29, 1.82) is 0 Å². The molecule has 0 aliphatic rings. The van der Waals surface area contributed by atoms with Gasteiger partial charge in [0.25, 0.3) is 11.8 Å². The molecule has 3 aromatic carbocycles. The summed E-state index contributed by atoms with van der Waals surface area (Å²) in [6, 6.07) is 19.1. The van der Waals surface area contributed by atoms with Gasteiger partial charge in [0.2, 0.25) is 5.95 Å². The highest BCUT2D eigenvalue weighted by Crippen LogP contribution is 2.24. The Morgan fingerprint density at radius 3 is 1.62 bits per heavy atom. The lowest BCUT2D eigenvalue weighted by atomic mass is 10.2. The van der Waals surface area contributed by atoms with Crippen molar-refractivity contribution >= 4 is 47.3 Å². The Balaban J connectivity index is 1.62. The van der Waals surface area contributed by atoms with Gasteiger partial charge in [-0.3, -0.25) is 29.3 Å². The van der Waals surface area contributed by atoms with Crippen LogP contribution < -0.4 is 30.2 Å². The standard InChI is InChI=1S/C31H27N5O9/c1-17(37)43-23-10-4-7-20(13-23)28(40)32-26-16-27(33-29(41)21-8-5-11-24(14-21)44-18(2)38)35-31(34-26)36-30(42)22-9-6-12-25(15-22)45-19(3)39/h4-16,28,40H,1-3H3,(H3,32,33,34,35,36,41,42). The summed E-state index contributed by atoms with van der Waals surface area (Å²) in [5.41, 5.74) is 0.566. The topological polar surface area (TPSA) is 195 Å². The number of rotatable bonds is 10. The molecular weight excluding hydrogens is 586 g/mol. The molecule has 230 valence electrons. The number of benzene rings is 3. The highest BCUT2D eigenvalue weighted by Gasteiger charge is 2.17. The second kappa shape index (κ2) is 14.3. The molecule has 0 saturated carbocycles. The zero-order valence-corrected chi connectivity index (χ0v) is 24.2. The SMILES string of the molecule is CC(=O)Oc1cccc(C(=O)Nc2cc(NC(O)c3cccc(OC(C)=O)c3)nc(NC(=O)c3cccc(OC(C)=O)c3)n2)c1. The minimum Gasteiger partial charge on any atom is -0.427 e.